The van der Waals surface area contributed by atoms with E-state index in [2.05, 4.69) is 15.4 Å². The normalized spacial score (nSPS) is 23.2. The van der Waals surface area contributed by atoms with Crippen molar-refractivity contribution in [1.29, 1.82) is 0 Å². The monoisotopic (exact) mass is 313 g/mol. The Hall–Kier alpha value is -1.63. The maximum Gasteiger partial charge on any atom is 0.407 e. The minimum absolute atomic E-state index is 0.0765. The van der Waals surface area contributed by atoms with Gasteiger partial charge in [0.1, 0.15) is 0 Å². The Bertz CT molecular complexity index is 425. The molecule has 1 fully saturated rings. The molecule has 2 amide bonds. The van der Waals surface area contributed by atoms with E-state index < -0.39 is 18.1 Å². The number of carbonyl (C=O) groups is 3. The predicted octanol–water partition coefficient (Wildman–Crippen LogP) is 0.250. The molecule has 3 atom stereocenters. The molecule has 2 N–H and O–H groups in total. The smallest absolute Gasteiger partial charge is 0.407 e. The van der Waals surface area contributed by atoms with Gasteiger partial charge < -0.3 is 20.3 Å². The van der Waals surface area contributed by atoms with Gasteiger partial charge in [0, 0.05) is 25.6 Å². The molecule has 1 aliphatic rings. The summed E-state index contributed by atoms with van der Waals surface area (Å²) in [4.78, 5) is 38.4. The molecule has 7 heteroatoms. The lowest BCUT2D eigenvalue weighted by Crippen LogP contribution is -2.49. The number of rotatable bonds is 6. The predicted molar refractivity (Wildman–Crippen MR) is 82.3 cm³/mol. The van der Waals surface area contributed by atoms with Gasteiger partial charge in [0.25, 0.3) is 0 Å². The lowest BCUT2D eigenvalue weighted by Gasteiger charge is -2.25. The number of Topliss-reactive ketones (excluding diaryl/α,β-unsaturated/α-hetero) is 1. The van der Waals surface area contributed by atoms with Crippen LogP contribution < -0.4 is 10.6 Å². The highest BCUT2D eigenvalue weighted by Crippen LogP contribution is 2.26. The Balaban J connectivity index is 2.90. The van der Waals surface area contributed by atoms with E-state index in [4.69, 9.17) is 0 Å². The Labute approximate surface area is 131 Å². The van der Waals surface area contributed by atoms with Crippen LogP contribution in [0, 0.1) is 17.8 Å². The van der Waals surface area contributed by atoms with Crippen molar-refractivity contribution in [3.8, 4) is 0 Å². The number of hydrogen-bond acceptors (Lipinski definition) is 5. The van der Waals surface area contributed by atoms with Crippen molar-refractivity contribution in [3.05, 3.63) is 0 Å². The molecule has 22 heavy (non-hydrogen) atoms. The number of ketones is 1. The van der Waals surface area contributed by atoms with Crippen LogP contribution in [0.3, 0.4) is 0 Å². The maximum absolute atomic E-state index is 12.8. The first-order chi connectivity index (χ1) is 10.3. The first kappa shape index (κ1) is 18.4. The van der Waals surface area contributed by atoms with Crippen LogP contribution in [0.5, 0.6) is 0 Å². The fraction of sp³-hybridized carbons (Fsp3) is 0.800. The zero-order valence-electron chi connectivity index (χ0n) is 14.0. The molecular weight excluding hydrogens is 286 g/mol. The molecule has 1 heterocycles. The number of alkyl carbamates (subject to hydrolysis) is 1. The molecule has 0 radical (unpaired) electrons. The molecule has 0 spiro atoms. The van der Waals surface area contributed by atoms with Gasteiger partial charge in [-0.25, -0.2) is 4.79 Å². The SMILES string of the molecule is CCNC(=O)C1CN(C)CC1C(=O)C(NC(=O)OC)C(C)C. The first-order valence-corrected chi connectivity index (χ1v) is 7.66. The average molecular weight is 313 g/mol. The highest BCUT2D eigenvalue weighted by Gasteiger charge is 2.43. The molecule has 0 aromatic carbocycles. The largest absolute Gasteiger partial charge is 0.453 e. The van der Waals surface area contributed by atoms with Crippen molar-refractivity contribution in [3.63, 3.8) is 0 Å². The second-order valence-corrected chi connectivity index (χ2v) is 6.09. The number of ether oxygens (including phenoxy) is 1. The topological polar surface area (TPSA) is 87.7 Å². The van der Waals surface area contributed by atoms with Crippen LogP contribution in [-0.4, -0.2) is 62.5 Å². The molecular formula is C15H27N3O4. The molecule has 0 aliphatic carbocycles. The van der Waals surface area contributed by atoms with E-state index in [1.165, 1.54) is 7.11 Å². The molecule has 1 saturated heterocycles. The third-order valence-electron chi connectivity index (χ3n) is 3.99. The summed E-state index contributed by atoms with van der Waals surface area (Å²) in [5.41, 5.74) is 0. The lowest BCUT2D eigenvalue weighted by atomic mass is 9.84. The van der Waals surface area contributed by atoms with E-state index in [0.29, 0.717) is 19.6 Å². The Morgan fingerprint density at radius 2 is 1.82 bits per heavy atom. The summed E-state index contributed by atoms with van der Waals surface area (Å²) in [7, 11) is 3.15. The number of likely N-dealkylation sites (tertiary alicyclic amines) is 1. The Morgan fingerprint density at radius 3 is 2.32 bits per heavy atom. The number of methoxy groups -OCH3 is 1. The number of carbonyl (C=O) groups excluding carboxylic acids is 3. The summed E-state index contributed by atoms with van der Waals surface area (Å²) in [6.45, 7) is 7.17. The molecule has 3 unspecified atom stereocenters. The van der Waals surface area contributed by atoms with Gasteiger partial charge in [0.15, 0.2) is 5.78 Å². The highest BCUT2D eigenvalue weighted by molar-refractivity contribution is 5.94. The minimum atomic E-state index is -0.652. The third kappa shape index (κ3) is 4.43. The zero-order valence-corrected chi connectivity index (χ0v) is 14.0. The standard InChI is InChI=1S/C15H27N3O4/c1-6-16-14(20)11-8-18(4)7-10(11)13(19)12(9(2)3)17-15(21)22-5/h9-12H,6-8H2,1-5H3,(H,16,20)(H,17,21). The van der Waals surface area contributed by atoms with Gasteiger partial charge in [-0.1, -0.05) is 13.8 Å². The fourth-order valence-corrected chi connectivity index (χ4v) is 2.84. The Kier molecular flexibility index (Phi) is 6.80. The van der Waals surface area contributed by atoms with Crippen molar-refractivity contribution in [2.24, 2.45) is 17.8 Å². The van der Waals surface area contributed by atoms with Crippen LogP contribution in [0.25, 0.3) is 0 Å². The van der Waals surface area contributed by atoms with Gasteiger partial charge in [-0.05, 0) is 19.9 Å². The van der Waals surface area contributed by atoms with Gasteiger partial charge in [-0.15, -0.1) is 0 Å². The van der Waals surface area contributed by atoms with Crippen LogP contribution >= 0.6 is 0 Å². The summed E-state index contributed by atoms with van der Waals surface area (Å²) >= 11 is 0. The summed E-state index contributed by atoms with van der Waals surface area (Å²) in [6, 6.07) is -0.652. The molecule has 1 rings (SSSR count). The van der Waals surface area contributed by atoms with E-state index in [-0.39, 0.29) is 23.5 Å². The van der Waals surface area contributed by atoms with Crippen LogP contribution in [0.1, 0.15) is 20.8 Å². The lowest BCUT2D eigenvalue weighted by molar-refractivity contribution is -0.133. The molecule has 0 aromatic rings. The molecule has 7 nitrogen and oxygen atoms in total. The summed E-state index contributed by atoms with van der Waals surface area (Å²) in [6.07, 6.45) is -0.632. The third-order valence-corrected chi connectivity index (χ3v) is 3.99. The zero-order chi connectivity index (χ0) is 16.9. The van der Waals surface area contributed by atoms with E-state index in [1.54, 1.807) is 0 Å². The molecule has 0 saturated carbocycles. The number of nitrogens with zero attached hydrogens (tertiary/aromatic N) is 1. The van der Waals surface area contributed by atoms with Crippen molar-refractivity contribution >= 4 is 17.8 Å². The second kappa shape index (κ2) is 8.12. The van der Waals surface area contributed by atoms with E-state index >= 15 is 0 Å². The summed E-state index contributed by atoms with van der Waals surface area (Å²) < 4.78 is 4.59. The van der Waals surface area contributed by atoms with Gasteiger partial charge in [0.2, 0.25) is 5.91 Å². The van der Waals surface area contributed by atoms with E-state index in [1.807, 2.05) is 32.7 Å². The summed E-state index contributed by atoms with van der Waals surface area (Å²) in [5, 5.41) is 5.37. The fourth-order valence-electron chi connectivity index (χ4n) is 2.84. The van der Waals surface area contributed by atoms with Crippen molar-refractivity contribution in [1.82, 2.24) is 15.5 Å². The minimum Gasteiger partial charge on any atom is -0.453 e. The van der Waals surface area contributed by atoms with Crippen molar-refractivity contribution < 1.29 is 19.1 Å². The van der Waals surface area contributed by atoms with Crippen molar-refractivity contribution in [2.45, 2.75) is 26.8 Å². The molecule has 0 bridgehead atoms. The van der Waals surface area contributed by atoms with Crippen LogP contribution in [0.2, 0.25) is 0 Å². The summed E-state index contributed by atoms with van der Waals surface area (Å²) in [5.74, 6) is -1.08. The average Bonchev–Trinajstić information content (AvgIpc) is 2.85. The molecule has 0 aromatic heterocycles. The maximum atomic E-state index is 12.8. The quantitative estimate of drug-likeness (QED) is 0.734. The second-order valence-electron chi connectivity index (χ2n) is 6.09. The molecule has 126 valence electrons. The molecule has 1 aliphatic heterocycles. The van der Waals surface area contributed by atoms with E-state index in [9.17, 15) is 14.4 Å². The van der Waals surface area contributed by atoms with Gasteiger partial charge in [0.05, 0.1) is 19.1 Å². The number of hydrogen-bond donors (Lipinski definition) is 2. The van der Waals surface area contributed by atoms with E-state index in [0.717, 1.165) is 0 Å². The van der Waals surface area contributed by atoms with Gasteiger partial charge >= 0.3 is 6.09 Å². The van der Waals surface area contributed by atoms with Gasteiger partial charge in [-0.2, -0.15) is 0 Å². The highest BCUT2D eigenvalue weighted by atomic mass is 16.5. The van der Waals surface area contributed by atoms with Crippen LogP contribution in [-0.2, 0) is 14.3 Å². The number of nitrogens with one attached hydrogen (secondary N) is 2. The van der Waals surface area contributed by atoms with Gasteiger partial charge in [-0.3, -0.25) is 9.59 Å². The van der Waals surface area contributed by atoms with Crippen LogP contribution in [0.15, 0.2) is 0 Å². The Morgan fingerprint density at radius 1 is 1.23 bits per heavy atom. The number of amides is 2. The van der Waals surface area contributed by atoms with Crippen molar-refractivity contribution in [2.75, 3.05) is 33.8 Å². The van der Waals surface area contributed by atoms with Crippen LogP contribution in [0.4, 0.5) is 4.79 Å². The first-order valence-electron chi connectivity index (χ1n) is 7.66.